The summed E-state index contributed by atoms with van der Waals surface area (Å²) in [5.41, 5.74) is -0.554. The monoisotopic (exact) mass is 198 g/mol. The summed E-state index contributed by atoms with van der Waals surface area (Å²) < 4.78 is 0. The summed E-state index contributed by atoms with van der Waals surface area (Å²) in [5, 5.41) is 12.6. The number of nitrogens with one attached hydrogen (secondary N) is 1. The minimum Gasteiger partial charge on any atom is -0.480 e. The van der Waals surface area contributed by atoms with Gasteiger partial charge in [0.1, 0.15) is 5.54 Å². The minimum absolute atomic E-state index is 0.554. The molecule has 0 saturated carbocycles. The van der Waals surface area contributed by atoms with Crippen LogP contribution in [-0.4, -0.2) is 47.7 Å². The van der Waals surface area contributed by atoms with Crippen LogP contribution < -0.4 is 5.32 Å². The lowest BCUT2D eigenvalue weighted by Crippen LogP contribution is -2.60. The molecule has 2 heterocycles. The van der Waals surface area contributed by atoms with E-state index < -0.39 is 11.5 Å². The van der Waals surface area contributed by atoms with Gasteiger partial charge in [0.2, 0.25) is 0 Å². The van der Waals surface area contributed by atoms with Crippen molar-refractivity contribution >= 4 is 5.97 Å². The Kier molecular flexibility index (Phi) is 2.74. The Labute approximate surface area is 84.3 Å². The second-order valence-corrected chi connectivity index (χ2v) is 4.28. The fourth-order valence-corrected chi connectivity index (χ4v) is 2.46. The van der Waals surface area contributed by atoms with Crippen LogP contribution in [0.4, 0.5) is 0 Å². The Hall–Kier alpha value is -0.610. The van der Waals surface area contributed by atoms with Crippen molar-refractivity contribution in [3.63, 3.8) is 0 Å². The normalized spacial score (nSPS) is 34.6. The first kappa shape index (κ1) is 9.93. The van der Waals surface area contributed by atoms with Gasteiger partial charge in [0, 0.05) is 13.1 Å². The van der Waals surface area contributed by atoms with Gasteiger partial charge >= 0.3 is 5.97 Å². The van der Waals surface area contributed by atoms with E-state index in [9.17, 15) is 9.90 Å². The first-order chi connectivity index (χ1) is 6.76. The second kappa shape index (κ2) is 3.87. The van der Waals surface area contributed by atoms with Crippen LogP contribution in [0, 0.1) is 0 Å². The van der Waals surface area contributed by atoms with Gasteiger partial charge in [-0.05, 0) is 38.8 Å². The Morgan fingerprint density at radius 3 is 2.57 bits per heavy atom. The van der Waals surface area contributed by atoms with Gasteiger partial charge in [-0.1, -0.05) is 0 Å². The topological polar surface area (TPSA) is 52.6 Å². The Morgan fingerprint density at radius 2 is 2.00 bits per heavy atom. The number of carbonyl (C=O) groups is 1. The van der Waals surface area contributed by atoms with Crippen LogP contribution in [0.1, 0.15) is 25.7 Å². The van der Waals surface area contributed by atoms with Crippen molar-refractivity contribution in [2.75, 3.05) is 26.2 Å². The van der Waals surface area contributed by atoms with Crippen LogP contribution in [0.3, 0.4) is 0 Å². The van der Waals surface area contributed by atoms with Crippen LogP contribution in [-0.2, 0) is 4.79 Å². The quantitative estimate of drug-likeness (QED) is 0.669. The summed E-state index contributed by atoms with van der Waals surface area (Å²) in [6, 6.07) is 0. The zero-order valence-electron chi connectivity index (χ0n) is 8.46. The maximum Gasteiger partial charge on any atom is 0.324 e. The van der Waals surface area contributed by atoms with Crippen molar-refractivity contribution in [2.24, 2.45) is 0 Å². The first-order valence-electron chi connectivity index (χ1n) is 5.45. The molecule has 2 fully saturated rings. The highest BCUT2D eigenvalue weighted by molar-refractivity contribution is 5.79. The molecule has 2 N–H and O–H groups in total. The third-order valence-corrected chi connectivity index (χ3v) is 3.52. The van der Waals surface area contributed by atoms with Gasteiger partial charge in [-0.15, -0.1) is 0 Å². The zero-order chi connectivity index (χ0) is 10.0. The number of carboxylic acid groups (broad SMARTS) is 1. The summed E-state index contributed by atoms with van der Waals surface area (Å²) in [5.74, 6) is -0.624. The molecule has 0 radical (unpaired) electrons. The molecule has 0 aromatic carbocycles. The van der Waals surface area contributed by atoms with Crippen LogP contribution in [0.5, 0.6) is 0 Å². The highest BCUT2D eigenvalue weighted by Gasteiger charge is 2.45. The summed E-state index contributed by atoms with van der Waals surface area (Å²) in [7, 11) is 0. The van der Waals surface area contributed by atoms with Crippen LogP contribution in [0.25, 0.3) is 0 Å². The van der Waals surface area contributed by atoms with Crippen LogP contribution in [0.2, 0.25) is 0 Å². The van der Waals surface area contributed by atoms with Gasteiger partial charge in [-0.2, -0.15) is 0 Å². The summed E-state index contributed by atoms with van der Waals surface area (Å²) >= 11 is 0. The average molecular weight is 198 g/mol. The van der Waals surface area contributed by atoms with Gasteiger partial charge in [0.05, 0.1) is 0 Å². The molecule has 80 valence electrons. The molecule has 2 rings (SSSR count). The van der Waals surface area contributed by atoms with Gasteiger partial charge in [-0.3, -0.25) is 9.69 Å². The molecule has 0 amide bonds. The molecule has 0 aromatic rings. The number of carboxylic acids is 1. The van der Waals surface area contributed by atoms with Crippen molar-refractivity contribution in [3.8, 4) is 0 Å². The molecule has 0 aromatic heterocycles. The van der Waals surface area contributed by atoms with Crippen molar-refractivity contribution in [3.05, 3.63) is 0 Å². The lowest BCUT2D eigenvalue weighted by atomic mass is 9.86. The summed E-state index contributed by atoms with van der Waals surface area (Å²) in [6.45, 7) is 3.73. The van der Waals surface area contributed by atoms with Gasteiger partial charge in [0.15, 0.2) is 0 Å². The predicted octanol–water partition coefficient (Wildman–Crippen LogP) is 0.289. The molecule has 2 saturated heterocycles. The number of rotatable bonds is 2. The smallest absolute Gasteiger partial charge is 0.324 e. The van der Waals surface area contributed by atoms with Crippen LogP contribution in [0.15, 0.2) is 0 Å². The minimum atomic E-state index is -0.624. The maximum absolute atomic E-state index is 11.4. The van der Waals surface area contributed by atoms with E-state index in [2.05, 4.69) is 10.2 Å². The van der Waals surface area contributed by atoms with Crippen LogP contribution >= 0.6 is 0 Å². The maximum atomic E-state index is 11.4. The van der Waals surface area contributed by atoms with Gasteiger partial charge < -0.3 is 10.4 Å². The molecule has 4 heteroatoms. The van der Waals surface area contributed by atoms with E-state index in [1.165, 1.54) is 0 Å². The van der Waals surface area contributed by atoms with E-state index in [0.717, 1.165) is 51.9 Å². The highest BCUT2D eigenvalue weighted by atomic mass is 16.4. The van der Waals surface area contributed by atoms with E-state index in [-0.39, 0.29) is 0 Å². The summed E-state index contributed by atoms with van der Waals surface area (Å²) in [4.78, 5) is 13.5. The molecule has 2 aliphatic rings. The number of hydrogen-bond acceptors (Lipinski definition) is 3. The SMILES string of the molecule is O=C(O)C1(N2CCC2)CCCNCC1. The van der Waals surface area contributed by atoms with E-state index in [1.54, 1.807) is 0 Å². The van der Waals surface area contributed by atoms with Gasteiger partial charge in [-0.25, -0.2) is 0 Å². The lowest BCUT2D eigenvalue weighted by molar-refractivity contribution is -0.156. The Bertz CT molecular complexity index is 218. The highest BCUT2D eigenvalue weighted by Crippen LogP contribution is 2.31. The van der Waals surface area contributed by atoms with Crippen molar-refractivity contribution < 1.29 is 9.90 Å². The predicted molar refractivity (Wildman–Crippen MR) is 53.3 cm³/mol. The second-order valence-electron chi connectivity index (χ2n) is 4.28. The van der Waals surface area contributed by atoms with E-state index in [4.69, 9.17) is 0 Å². The molecule has 2 aliphatic heterocycles. The zero-order valence-corrected chi connectivity index (χ0v) is 8.46. The number of likely N-dealkylation sites (tertiary alicyclic amines) is 1. The van der Waals surface area contributed by atoms with Crippen molar-refractivity contribution in [1.29, 1.82) is 0 Å². The molecule has 1 atom stereocenters. The standard InChI is InChI=1S/C10H18N2O2/c13-9(14)10(12-7-2-8-12)3-1-5-11-6-4-10/h11H,1-8H2,(H,13,14). The molecular formula is C10H18N2O2. The number of aliphatic carboxylic acids is 1. The fourth-order valence-electron chi connectivity index (χ4n) is 2.46. The van der Waals surface area contributed by atoms with Crippen molar-refractivity contribution in [1.82, 2.24) is 10.2 Å². The molecular weight excluding hydrogens is 180 g/mol. The fraction of sp³-hybridized carbons (Fsp3) is 0.900. The Balaban J connectivity index is 2.13. The molecule has 4 nitrogen and oxygen atoms in total. The molecule has 0 spiro atoms. The van der Waals surface area contributed by atoms with Gasteiger partial charge in [0.25, 0.3) is 0 Å². The molecule has 1 unspecified atom stereocenters. The van der Waals surface area contributed by atoms with Crippen molar-refractivity contribution in [2.45, 2.75) is 31.2 Å². The Morgan fingerprint density at radius 1 is 1.21 bits per heavy atom. The van der Waals surface area contributed by atoms with E-state index in [1.807, 2.05) is 0 Å². The van der Waals surface area contributed by atoms with E-state index in [0.29, 0.717) is 0 Å². The lowest BCUT2D eigenvalue weighted by Gasteiger charge is -2.45. The summed E-state index contributed by atoms with van der Waals surface area (Å²) in [6.07, 6.45) is 3.68. The largest absolute Gasteiger partial charge is 0.480 e. The van der Waals surface area contributed by atoms with E-state index >= 15 is 0 Å². The number of nitrogens with zero attached hydrogens (tertiary/aromatic N) is 1. The first-order valence-corrected chi connectivity index (χ1v) is 5.45. The molecule has 14 heavy (non-hydrogen) atoms. The third kappa shape index (κ3) is 1.53. The number of hydrogen-bond donors (Lipinski definition) is 2. The molecule has 0 bridgehead atoms. The molecule has 0 aliphatic carbocycles. The average Bonchev–Trinajstić information content (AvgIpc) is 2.27. The third-order valence-electron chi connectivity index (χ3n) is 3.52.